The quantitative estimate of drug-likeness (QED) is 0.397. The highest BCUT2D eigenvalue weighted by Gasteiger charge is 2.46. The third-order valence-corrected chi connectivity index (χ3v) is 5.03. The molecule has 3 aromatic carbocycles. The molecular formula is C24H18FNO4. The van der Waals surface area contributed by atoms with Crippen molar-refractivity contribution in [3.8, 4) is 5.75 Å². The van der Waals surface area contributed by atoms with Crippen LogP contribution in [-0.4, -0.2) is 23.9 Å². The molecule has 1 amide bonds. The summed E-state index contributed by atoms with van der Waals surface area (Å²) in [5, 5.41) is 10.9. The number of Topliss-reactive ketones (excluding diaryl/α,β-unsaturated/α-hetero) is 1. The van der Waals surface area contributed by atoms with Gasteiger partial charge in [0.2, 0.25) is 0 Å². The van der Waals surface area contributed by atoms with Crippen LogP contribution >= 0.6 is 0 Å². The average molecular weight is 403 g/mol. The van der Waals surface area contributed by atoms with Crippen molar-refractivity contribution in [1.29, 1.82) is 0 Å². The van der Waals surface area contributed by atoms with E-state index in [1.54, 1.807) is 48.5 Å². The summed E-state index contributed by atoms with van der Waals surface area (Å²) in [5.74, 6) is -1.76. The molecule has 0 bridgehead atoms. The van der Waals surface area contributed by atoms with Crippen molar-refractivity contribution in [2.24, 2.45) is 0 Å². The molecule has 1 fully saturated rings. The Balaban J connectivity index is 1.90. The van der Waals surface area contributed by atoms with Crippen LogP contribution < -0.4 is 9.64 Å². The third-order valence-electron chi connectivity index (χ3n) is 5.03. The fourth-order valence-corrected chi connectivity index (χ4v) is 3.56. The molecule has 1 heterocycles. The monoisotopic (exact) mass is 403 g/mol. The van der Waals surface area contributed by atoms with Crippen LogP contribution in [0.1, 0.15) is 17.2 Å². The van der Waals surface area contributed by atoms with Crippen LogP contribution in [-0.2, 0) is 9.59 Å². The number of carbonyl (C=O) groups excluding carboxylic acids is 2. The van der Waals surface area contributed by atoms with Crippen LogP contribution in [0.2, 0.25) is 0 Å². The number of aliphatic hydroxyl groups excluding tert-OH is 1. The van der Waals surface area contributed by atoms with Gasteiger partial charge in [0.25, 0.3) is 11.7 Å². The van der Waals surface area contributed by atoms with Crippen molar-refractivity contribution in [3.63, 3.8) is 0 Å². The van der Waals surface area contributed by atoms with Gasteiger partial charge in [-0.3, -0.25) is 14.5 Å². The molecule has 0 radical (unpaired) electrons. The summed E-state index contributed by atoms with van der Waals surface area (Å²) in [6.07, 6.45) is 0. The third kappa shape index (κ3) is 3.33. The number of amides is 1. The van der Waals surface area contributed by atoms with E-state index in [4.69, 9.17) is 4.74 Å². The van der Waals surface area contributed by atoms with Gasteiger partial charge >= 0.3 is 0 Å². The second kappa shape index (κ2) is 7.83. The number of benzene rings is 3. The Hall–Kier alpha value is -3.93. The van der Waals surface area contributed by atoms with E-state index in [1.165, 1.54) is 36.3 Å². The van der Waals surface area contributed by atoms with Gasteiger partial charge in [0, 0.05) is 11.3 Å². The first kappa shape index (κ1) is 19.4. The van der Waals surface area contributed by atoms with Crippen LogP contribution in [0.5, 0.6) is 5.75 Å². The van der Waals surface area contributed by atoms with Gasteiger partial charge < -0.3 is 9.84 Å². The summed E-state index contributed by atoms with van der Waals surface area (Å²) in [7, 11) is 1.54. The zero-order valence-electron chi connectivity index (χ0n) is 16.1. The lowest BCUT2D eigenvalue weighted by molar-refractivity contribution is -0.132. The van der Waals surface area contributed by atoms with E-state index in [2.05, 4.69) is 0 Å². The number of methoxy groups -OCH3 is 1. The molecule has 5 nitrogen and oxygen atoms in total. The molecule has 6 heteroatoms. The fraction of sp³-hybridized carbons (Fsp3) is 0.0833. The van der Waals surface area contributed by atoms with Gasteiger partial charge in [0.05, 0.1) is 18.7 Å². The van der Waals surface area contributed by atoms with Gasteiger partial charge in [-0.2, -0.15) is 0 Å². The van der Waals surface area contributed by atoms with Crippen LogP contribution in [0.4, 0.5) is 10.1 Å². The van der Waals surface area contributed by atoms with Crippen LogP contribution in [0, 0.1) is 5.82 Å². The molecule has 0 spiro atoms. The van der Waals surface area contributed by atoms with E-state index < -0.39 is 23.5 Å². The molecule has 30 heavy (non-hydrogen) atoms. The van der Waals surface area contributed by atoms with E-state index in [0.717, 1.165) is 0 Å². The Morgan fingerprint density at radius 1 is 0.933 bits per heavy atom. The Morgan fingerprint density at radius 3 is 2.17 bits per heavy atom. The fourth-order valence-electron chi connectivity index (χ4n) is 3.56. The van der Waals surface area contributed by atoms with Gasteiger partial charge in [0.15, 0.2) is 0 Å². The molecule has 1 N–H and O–H groups in total. The number of rotatable bonds is 4. The summed E-state index contributed by atoms with van der Waals surface area (Å²) in [6, 6.07) is 20.0. The molecular weight excluding hydrogens is 385 g/mol. The topological polar surface area (TPSA) is 66.8 Å². The zero-order chi connectivity index (χ0) is 21.3. The molecule has 0 saturated carbocycles. The lowest BCUT2D eigenvalue weighted by Crippen LogP contribution is -2.29. The lowest BCUT2D eigenvalue weighted by Gasteiger charge is -2.25. The first-order valence-corrected chi connectivity index (χ1v) is 9.27. The zero-order valence-corrected chi connectivity index (χ0v) is 16.1. The minimum Gasteiger partial charge on any atom is -0.507 e. The molecule has 1 saturated heterocycles. The maximum Gasteiger partial charge on any atom is 0.300 e. The second-order valence-corrected chi connectivity index (χ2v) is 6.78. The van der Waals surface area contributed by atoms with E-state index in [9.17, 15) is 19.1 Å². The molecule has 1 aliphatic rings. The van der Waals surface area contributed by atoms with Crippen LogP contribution in [0.25, 0.3) is 5.76 Å². The highest BCUT2D eigenvalue weighted by molar-refractivity contribution is 6.51. The number of ketones is 1. The van der Waals surface area contributed by atoms with Gasteiger partial charge in [-0.05, 0) is 54.1 Å². The maximum atomic E-state index is 13.3. The summed E-state index contributed by atoms with van der Waals surface area (Å²) in [6.45, 7) is 0. The molecule has 0 aliphatic carbocycles. The van der Waals surface area contributed by atoms with Gasteiger partial charge in [-0.15, -0.1) is 0 Å². The van der Waals surface area contributed by atoms with Crippen molar-refractivity contribution in [1.82, 2.24) is 0 Å². The Morgan fingerprint density at radius 2 is 1.57 bits per heavy atom. The first-order chi connectivity index (χ1) is 14.5. The number of aliphatic hydroxyl groups is 1. The minimum atomic E-state index is -0.829. The SMILES string of the molecule is COc1ccc(N2C(=O)C(=O)/C(=C(/O)c3ccc(F)cc3)C2c2ccccc2)cc1. The number of halogens is 1. The van der Waals surface area contributed by atoms with Crippen molar-refractivity contribution in [2.75, 3.05) is 12.0 Å². The smallest absolute Gasteiger partial charge is 0.300 e. The predicted molar refractivity (Wildman–Crippen MR) is 111 cm³/mol. The van der Waals surface area contributed by atoms with E-state index in [-0.39, 0.29) is 16.9 Å². The Kier molecular flexibility index (Phi) is 5.06. The van der Waals surface area contributed by atoms with Crippen molar-refractivity contribution in [3.05, 3.63) is 101 Å². The standard InChI is InChI=1S/C24H18FNO4/c1-30-19-13-11-18(12-14-19)26-21(15-5-3-2-4-6-15)20(23(28)24(26)29)22(27)16-7-9-17(25)10-8-16/h2-14,21,27H,1H3/b22-20+. The highest BCUT2D eigenvalue weighted by Crippen LogP contribution is 2.42. The van der Waals surface area contributed by atoms with Crippen molar-refractivity contribution < 1.29 is 23.8 Å². The number of ether oxygens (including phenoxy) is 1. The van der Waals surface area contributed by atoms with E-state index in [0.29, 0.717) is 17.0 Å². The molecule has 150 valence electrons. The summed E-state index contributed by atoms with van der Waals surface area (Å²) >= 11 is 0. The number of hydrogen-bond acceptors (Lipinski definition) is 4. The number of carbonyl (C=O) groups is 2. The number of hydrogen-bond donors (Lipinski definition) is 1. The number of nitrogens with zero attached hydrogens (tertiary/aromatic N) is 1. The van der Waals surface area contributed by atoms with Gasteiger partial charge in [-0.1, -0.05) is 30.3 Å². The molecule has 1 aliphatic heterocycles. The maximum absolute atomic E-state index is 13.3. The summed E-state index contributed by atoms with van der Waals surface area (Å²) in [4.78, 5) is 27.3. The van der Waals surface area contributed by atoms with Crippen molar-refractivity contribution in [2.45, 2.75) is 6.04 Å². The van der Waals surface area contributed by atoms with E-state index >= 15 is 0 Å². The molecule has 3 aromatic rings. The highest BCUT2D eigenvalue weighted by atomic mass is 19.1. The van der Waals surface area contributed by atoms with Crippen molar-refractivity contribution >= 4 is 23.1 Å². The average Bonchev–Trinajstić information content (AvgIpc) is 3.05. The molecule has 1 atom stereocenters. The summed E-state index contributed by atoms with van der Waals surface area (Å²) in [5.41, 5.74) is 1.36. The second-order valence-electron chi connectivity index (χ2n) is 6.78. The van der Waals surface area contributed by atoms with Crippen LogP contribution in [0.3, 0.4) is 0 Å². The van der Waals surface area contributed by atoms with E-state index in [1.807, 2.05) is 6.07 Å². The first-order valence-electron chi connectivity index (χ1n) is 9.27. The minimum absolute atomic E-state index is 0.0476. The molecule has 0 aromatic heterocycles. The lowest BCUT2D eigenvalue weighted by atomic mass is 9.95. The Bertz CT molecular complexity index is 1120. The van der Waals surface area contributed by atoms with Gasteiger partial charge in [0.1, 0.15) is 17.3 Å². The van der Waals surface area contributed by atoms with Gasteiger partial charge in [-0.25, -0.2) is 4.39 Å². The Labute approximate surface area is 172 Å². The predicted octanol–water partition coefficient (Wildman–Crippen LogP) is 4.46. The largest absolute Gasteiger partial charge is 0.507 e. The van der Waals surface area contributed by atoms with Crippen LogP contribution in [0.15, 0.2) is 84.4 Å². The summed E-state index contributed by atoms with van der Waals surface area (Å²) < 4.78 is 18.5. The number of anilines is 1. The molecule has 1 unspecified atom stereocenters. The molecule has 4 rings (SSSR count). The normalized spacial score (nSPS) is 17.9.